The second-order valence-electron chi connectivity index (χ2n) is 4.74. The minimum absolute atomic E-state index is 0.858. The number of aromatic nitrogens is 2. The summed E-state index contributed by atoms with van der Waals surface area (Å²) in [6, 6.07) is 10.3. The van der Waals surface area contributed by atoms with Crippen LogP contribution in [0.5, 0.6) is 0 Å². The fourth-order valence-electron chi connectivity index (χ4n) is 1.97. The summed E-state index contributed by atoms with van der Waals surface area (Å²) in [5, 5.41) is 3.45. The van der Waals surface area contributed by atoms with Gasteiger partial charge in [0.1, 0.15) is 0 Å². The third-order valence-electron chi connectivity index (χ3n) is 3.11. The van der Waals surface area contributed by atoms with E-state index in [1.807, 2.05) is 13.0 Å². The zero-order chi connectivity index (χ0) is 11.7. The number of rotatable bonds is 4. The molecule has 1 aliphatic carbocycles. The minimum atomic E-state index is 0.858. The first-order valence-corrected chi connectivity index (χ1v) is 6.18. The zero-order valence-corrected chi connectivity index (χ0v) is 10.1. The van der Waals surface area contributed by atoms with Crippen LogP contribution in [-0.2, 0) is 0 Å². The normalized spacial score (nSPS) is 14.9. The van der Waals surface area contributed by atoms with Crippen LogP contribution in [0.15, 0.2) is 36.5 Å². The van der Waals surface area contributed by atoms with Crippen LogP contribution in [-0.4, -0.2) is 16.1 Å². The summed E-state index contributed by atoms with van der Waals surface area (Å²) in [5.74, 6) is 1.82. The molecule has 0 aliphatic heterocycles. The first kappa shape index (κ1) is 10.4. The molecule has 0 saturated heterocycles. The highest BCUT2D eigenvalue weighted by Gasteiger charge is 2.21. The Hall–Kier alpha value is -1.77. The minimum Gasteiger partial charge on any atom is -0.355 e. The van der Waals surface area contributed by atoms with Crippen molar-refractivity contribution in [1.29, 1.82) is 0 Å². The van der Waals surface area contributed by atoms with Gasteiger partial charge in [-0.1, -0.05) is 18.2 Å². The lowest BCUT2D eigenvalue weighted by Crippen LogP contribution is -2.08. The van der Waals surface area contributed by atoms with Crippen molar-refractivity contribution in [2.75, 3.05) is 11.9 Å². The quantitative estimate of drug-likeness (QED) is 0.870. The first-order chi connectivity index (χ1) is 8.33. The molecule has 17 heavy (non-hydrogen) atoms. The molecule has 0 amide bonds. The van der Waals surface area contributed by atoms with Crippen molar-refractivity contribution in [3.8, 4) is 5.69 Å². The van der Waals surface area contributed by atoms with Gasteiger partial charge in [0.05, 0.1) is 5.69 Å². The maximum absolute atomic E-state index is 4.54. The number of anilines is 1. The van der Waals surface area contributed by atoms with E-state index in [0.717, 1.165) is 29.8 Å². The maximum atomic E-state index is 4.54. The second kappa shape index (κ2) is 4.24. The Bertz CT molecular complexity index is 497. The molecule has 1 saturated carbocycles. The van der Waals surface area contributed by atoms with Gasteiger partial charge in [-0.15, -0.1) is 0 Å². The number of para-hydroxylation sites is 1. The van der Waals surface area contributed by atoms with Crippen LogP contribution in [0.25, 0.3) is 5.69 Å². The summed E-state index contributed by atoms with van der Waals surface area (Å²) in [4.78, 5) is 4.54. The molecule has 0 unspecified atom stereocenters. The molecule has 0 bridgehead atoms. The Morgan fingerprint density at radius 3 is 2.76 bits per heavy atom. The molecule has 0 spiro atoms. The first-order valence-electron chi connectivity index (χ1n) is 6.18. The van der Waals surface area contributed by atoms with E-state index in [9.17, 15) is 0 Å². The summed E-state index contributed by atoms with van der Waals surface area (Å²) in [7, 11) is 0. The van der Waals surface area contributed by atoms with Crippen LogP contribution in [0.2, 0.25) is 0 Å². The van der Waals surface area contributed by atoms with Crippen molar-refractivity contribution in [2.45, 2.75) is 19.8 Å². The number of imidazole rings is 1. The van der Waals surface area contributed by atoms with Crippen molar-refractivity contribution in [3.63, 3.8) is 0 Å². The van der Waals surface area contributed by atoms with E-state index in [2.05, 4.69) is 45.3 Å². The number of aryl methyl sites for hydroxylation is 1. The van der Waals surface area contributed by atoms with Crippen molar-refractivity contribution in [3.05, 3.63) is 42.2 Å². The Morgan fingerprint density at radius 1 is 1.29 bits per heavy atom. The van der Waals surface area contributed by atoms with E-state index in [4.69, 9.17) is 0 Å². The molecule has 1 N–H and O–H groups in total. The Labute approximate surface area is 101 Å². The van der Waals surface area contributed by atoms with Gasteiger partial charge >= 0.3 is 0 Å². The largest absolute Gasteiger partial charge is 0.355 e. The topological polar surface area (TPSA) is 29.9 Å². The summed E-state index contributed by atoms with van der Waals surface area (Å²) in [6.45, 7) is 3.07. The molecule has 0 atom stereocenters. The Kier molecular flexibility index (Phi) is 2.59. The summed E-state index contributed by atoms with van der Waals surface area (Å²) in [5.41, 5.74) is 2.21. The van der Waals surface area contributed by atoms with Gasteiger partial charge in [-0.2, -0.15) is 0 Å². The van der Waals surface area contributed by atoms with E-state index in [0.29, 0.717) is 0 Å². The predicted molar refractivity (Wildman–Crippen MR) is 69.5 cm³/mol. The van der Waals surface area contributed by atoms with E-state index in [-0.39, 0.29) is 0 Å². The molecule has 3 heteroatoms. The van der Waals surface area contributed by atoms with Crippen LogP contribution >= 0.6 is 0 Å². The van der Waals surface area contributed by atoms with Crippen LogP contribution in [0, 0.1) is 12.8 Å². The summed E-state index contributed by atoms with van der Waals surface area (Å²) >= 11 is 0. The second-order valence-corrected chi connectivity index (χ2v) is 4.74. The third-order valence-corrected chi connectivity index (χ3v) is 3.11. The molecule has 88 valence electrons. The van der Waals surface area contributed by atoms with Crippen LogP contribution < -0.4 is 5.32 Å². The number of hydrogen-bond donors (Lipinski definition) is 1. The molecular weight excluding hydrogens is 210 g/mol. The number of benzene rings is 1. The molecule has 0 radical (unpaired) electrons. The number of nitrogens with one attached hydrogen (secondary N) is 1. The van der Waals surface area contributed by atoms with Crippen LogP contribution in [0.4, 0.5) is 5.95 Å². The molecule has 1 aromatic carbocycles. The monoisotopic (exact) mass is 227 g/mol. The van der Waals surface area contributed by atoms with E-state index in [1.54, 1.807) is 0 Å². The van der Waals surface area contributed by atoms with Gasteiger partial charge < -0.3 is 5.32 Å². The van der Waals surface area contributed by atoms with E-state index >= 15 is 0 Å². The Balaban J connectivity index is 1.86. The lowest BCUT2D eigenvalue weighted by Gasteiger charge is -2.08. The molecule has 1 heterocycles. The molecule has 3 nitrogen and oxygen atoms in total. The standard InChI is InChI=1S/C14H17N3/c1-11-10-17(13-5-3-2-4-6-13)14(16-11)15-9-12-7-8-12/h2-6,10,12H,7-9H2,1H3,(H,15,16). The summed E-state index contributed by atoms with van der Waals surface area (Å²) < 4.78 is 2.12. The van der Waals surface area contributed by atoms with Gasteiger partial charge in [-0.05, 0) is 37.8 Å². The van der Waals surface area contributed by atoms with Crippen molar-refractivity contribution in [1.82, 2.24) is 9.55 Å². The van der Waals surface area contributed by atoms with Gasteiger partial charge in [0.15, 0.2) is 0 Å². The lowest BCUT2D eigenvalue weighted by molar-refractivity contribution is 0.866. The molecule has 1 aliphatic rings. The molecular formula is C14H17N3. The molecule has 2 aromatic rings. The van der Waals surface area contributed by atoms with Gasteiger partial charge in [-0.3, -0.25) is 4.57 Å². The third kappa shape index (κ3) is 2.33. The highest BCUT2D eigenvalue weighted by atomic mass is 15.2. The van der Waals surface area contributed by atoms with Crippen molar-refractivity contribution < 1.29 is 0 Å². The fourth-order valence-corrected chi connectivity index (χ4v) is 1.97. The lowest BCUT2D eigenvalue weighted by atomic mass is 10.3. The smallest absolute Gasteiger partial charge is 0.207 e. The SMILES string of the molecule is Cc1cn(-c2ccccc2)c(NCC2CC2)n1. The van der Waals surface area contributed by atoms with Crippen molar-refractivity contribution in [2.24, 2.45) is 5.92 Å². The van der Waals surface area contributed by atoms with E-state index < -0.39 is 0 Å². The fraction of sp³-hybridized carbons (Fsp3) is 0.357. The highest BCUT2D eigenvalue weighted by molar-refractivity contribution is 5.43. The molecule has 3 rings (SSSR count). The molecule has 1 fully saturated rings. The zero-order valence-electron chi connectivity index (χ0n) is 10.1. The summed E-state index contributed by atoms with van der Waals surface area (Å²) in [6.07, 6.45) is 4.79. The van der Waals surface area contributed by atoms with Crippen LogP contribution in [0.1, 0.15) is 18.5 Å². The van der Waals surface area contributed by atoms with Gasteiger partial charge in [0, 0.05) is 18.4 Å². The maximum Gasteiger partial charge on any atom is 0.207 e. The van der Waals surface area contributed by atoms with E-state index in [1.165, 1.54) is 12.8 Å². The average molecular weight is 227 g/mol. The number of hydrogen-bond acceptors (Lipinski definition) is 2. The average Bonchev–Trinajstić information content (AvgIpc) is 3.11. The Morgan fingerprint density at radius 2 is 2.06 bits per heavy atom. The molecule has 1 aromatic heterocycles. The highest BCUT2D eigenvalue weighted by Crippen LogP contribution is 2.29. The van der Waals surface area contributed by atoms with Gasteiger partial charge in [-0.25, -0.2) is 4.98 Å². The predicted octanol–water partition coefficient (Wildman–Crippen LogP) is 3.00. The van der Waals surface area contributed by atoms with Crippen molar-refractivity contribution >= 4 is 5.95 Å². The van der Waals surface area contributed by atoms with Gasteiger partial charge in [0.25, 0.3) is 0 Å². The van der Waals surface area contributed by atoms with Gasteiger partial charge in [0.2, 0.25) is 5.95 Å². The van der Waals surface area contributed by atoms with Crippen LogP contribution in [0.3, 0.4) is 0 Å². The number of nitrogens with zero attached hydrogens (tertiary/aromatic N) is 2.